The summed E-state index contributed by atoms with van der Waals surface area (Å²) in [5.74, 6) is 1.74. The van der Waals surface area contributed by atoms with Gasteiger partial charge in [0.05, 0.1) is 18.6 Å². The summed E-state index contributed by atoms with van der Waals surface area (Å²) in [6, 6.07) is 7.61. The number of methoxy groups -OCH3 is 1. The molecule has 8 heteroatoms. The molecule has 0 radical (unpaired) electrons. The number of hydrogen-bond acceptors (Lipinski definition) is 6. The van der Waals surface area contributed by atoms with Gasteiger partial charge in [-0.1, -0.05) is 38.5 Å². The van der Waals surface area contributed by atoms with E-state index in [2.05, 4.69) is 34.7 Å². The summed E-state index contributed by atoms with van der Waals surface area (Å²) in [7, 11) is 1.62. The molecule has 1 amide bonds. The average Bonchev–Trinajstić information content (AvgIpc) is 3.08. The van der Waals surface area contributed by atoms with E-state index in [0.717, 1.165) is 24.3 Å². The van der Waals surface area contributed by atoms with Crippen molar-refractivity contribution in [3.8, 4) is 11.4 Å². The molecule has 0 aliphatic heterocycles. The highest BCUT2D eigenvalue weighted by molar-refractivity contribution is 7.99. The lowest BCUT2D eigenvalue weighted by molar-refractivity contribution is -0.119. The zero-order valence-corrected chi connectivity index (χ0v) is 16.6. The van der Waals surface area contributed by atoms with Crippen LogP contribution in [0.15, 0.2) is 29.4 Å². The zero-order valence-electron chi connectivity index (χ0n) is 15.8. The van der Waals surface area contributed by atoms with Crippen LogP contribution in [0.2, 0.25) is 0 Å². The molecule has 1 aromatic carbocycles. The number of tetrazole rings is 1. The maximum absolute atomic E-state index is 12.2. The van der Waals surface area contributed by atoms with Crippen molar-refractivity contribution in [2.75, 3.05) is 12.9 Å². The van der Waals surface area contributed by atoms with Crippen LogP contribution in [0.3, 0.4) is 0 Å². The van der Waals surface area contributed by atoms with E-state index in [0.29, 0.717) is 11.1 Å². The summed E-state index contributed by atoms with van der Waals surface area (Å²) in [5, 5.41) is 15.3. The van der Waals surface area contributed by atoms with Gasteiger partial charge in [0, 0.05) is 6.04 Å². The van der Waals surface area contributed by atoms with Gasteiger partial charge in [0.2, 0.25) is 11.1 Å². The van der Waals surface area contributed by atoms with Gasteiger partial charge in [-0.2, -0.15) is 4.68 Å². The lowest BCUT2D eigenvalue weighted by atomic mass is 10.0. The maximum Gasteiger partial charge on any atom is 0.230 e. The van der Waals surface area contributed by atoms with Crippen LogP contribution < -0.4 is 10.1 Å². The molecule has 1 atom stereocenters. The first-order chi connectivity index (χ1) is 12.5. The Morgan fingerprint density at radius 1 is 1.23 bits per heavy atom. The Kier molecular flexibility index (Phi) is 7.90. The fourth-order valence-corrected chi connectivity index (χ4v) is 3.21. The van der Waals surface area contributed by atoms with Gasteiger partial charge in [-0.25, -0.2) is 0 Å². The highest BCUT2D eigenvalue weighted by Gasteiger charge is 2.13. The number of amides is 1. The molecule has 0 saturated carbocycles. The second-order valence-corrected chi connectivity index (χ2v) is 7.60. The molecule has 2 aromatic rings. The molecule has 0 fully saturated rings. The Bertz CT molecular complexity index is 687. The predicted octanol–water partition coefficient (Wildman–Crippen LogP) is 3.09. The van der Waals surface area contributed by atoms with Gasteiger partial charge in [0.1, 0.15) is 5.75 Å². The van der Waals surface area contributed by atoms with E-state index in [1.165, 1.54) is 18.2 Å². The number of aromatic nitrogens is 4. The van der Waals surface area contributed by atoms with E-state index >= 15 is 0 Å². The number of ether oxygens (including phenoxy) is 1. The molecule has 2 rings (SSSR count). The first-order valence-corrected chi connectivity index (χ1v) is 9.83. The van der Waals surface area contributed by atoms with Crippen LogP contribution in [0.1, 0.15) is 40.0 Å². The molecule has 26 heavy (non-hydrogen) atoms. The SMILES string of the molecule is COc1ccc(-n2nnnc2SCC(=O)N[C@@H](C)CCCC(C)C)cc1. The van der Waals surface area contributed by atoms with E-state index in [1.54, 1.807) is 11.8 Å². The molecule has 0 aliphatic carbocycles. The topological polar surface area (TPSA) is 81.9 Å². The van der Waals surface area contributed by atoms with E-state index < -0.39 is 0 Å². The number of carbonyl (C=O) groups is 1. The number of thioether (sulfide) groups is 1. The zero-order chi connectivity index (χ0) is 18.9. The lowest BCUT2D eigenvalue weighted by Gasteiger charge is -2.14. The molecule has 1 aromatic heterocycles. The van der Waals surface area contributed by atoms with Gasteiger partial charge in [0.15, 0.2) is 0 Å². The molecule has 0 spiro atoms. The van der Waals surface area contributed by atoms with Crippen molar-refractivity contribution in [3.05, 3.63) is 24.3 Å². The number of hydrogen-bond donors (Lipinski definition) is 1. The van der Waals surface area contributed by atoms with Crippen molar-refractivity contribution in [2.45, 2.75) is 51.2 Å². The molecular weight excluding hydrogens is 350 g/mol. The summed E-state index contributed by atoms with van der Waals surface area (Å²) in [5.41, 5.74) is 0.820. The minimum atomic E-state index is -0.00340. The Balaban J connectivity index is 1.84. The second kappa shape index (κ2) is 10.2. The fourth-order valence-electron chi connectivity index (χ4n) is 2.51. The summed E-state index contributed by atoms with van der Waals surface area (Å²) in [4.78, 5) is 12.2. The van der Waals surface area contributed by atoms with Gasteiger partial charge in [0.25, 0.3) is 0 Å². The Hall–Kier alpha value is -2.09. The largest absolute Gasteiger partial charge is 0.497 e. The number of rotatable bonds is 10. The molecule has 0 bridgehead atoms. The van der Waals surface area contributed by atoms with Crippen molar-refractivity contribution < 1.29 is 9.53 Å². The second-order valence-electron chi connectivity index (χ2n) is 6.65. The molecule has 7 nitrogen and oxygen atoms in total. The lowest BCUT2D eigenvalue weighted by Crippen LogP contribution is -2.33. The third-order valence-corrected chi connectivity index (χ3v) is 4.84. The predicted molar refractivity (Wildman–Crippen MR) is 103 cm³/mol. The standard InChI is InChI=1S/C18H27N5O2S/c1-13(2)6-5-7-14(3)19-17(24)12-26-18-20-21-22-23(18)15-8-10-16(25-4)11-9-15/h8-11,13-14H,5-7,12H2,1-4H3,(H,19,24)/t14-/m0/s1. The van der Waals surface area contributed by atoms with Gasteiger partial charge < -0.3 is 10.1 Å². The van der Waals surface area contributed by atoms with Gasteiger partial charge in [-0.05, 0) is 54.0 Å². The highest BCUT2D eigenvalue weighted by Crippen LogP contribution is 2.20. The minimum absolute atomic E-state index is 0.00340. The molecule has 142 valence electrons. The highest BCUT2D eigenvalue weighted by atomic mass is 32.2. The maximum atomic E-state index is 12.2. The van der Waals surface area contributed by atoms with Crippen LogP contribution in [0.5, 0.6) is 5.75 Å². The van der Waals surface area contributed by atoms with Crippen LogP contribution >= 0.6 is 11.8 Å². The monoisotopic (exact) mass is 377 g/mol. The third kappa shape index (κ3) is 6.33. The Morgan fingerprint density at radius 2 is 1.96 bits per heavy atom. The van der Waals surface area contributed by atoms with Gasteiger partial charge in [-0.15, -0.1) is 5.10 Å². The van der Waals surface area contributed by atoms with Crippen molar-refractivity contribution in [1.29, 1.82) is 0 Å². The van der Waals surface area contributed by atoms with Crippen LogP contribution in [0.25, 0.3) is 5.69 Å². The molecule has 0 saturated heterocycles. The van der Waals surface area contributed by atoms with Crippen LogP contribution in [-0.4, -0.2) is 45.0 Å². The minimum Gasteiger partial charge on any atom is -0.497 e. The first-order valence-electron chi connectivity index (χ1n) is 8.84. The summed E-state index contributed by atoms with van der Waals surface area (Å²) >= 11 is 1.32. The van der Waals surface area contributed by atoms with E-state index in [4.69, 9.17) is 4.74 Å². The molecular formula is C18H27N5O2S. The van der Waals surface area contributed by atoms with E-state index in [1.807, 2.05) is 31.2 Å². The molecule has 1 N–H and O–H groups in total. The smallest absolute Gasteiger partial charge is 0.230 e. The van der Waals surface area contributed by atoms with Gasteiger partial charge >= 0.3 is 0 Å². The number of nitrogens with one attached hydrogen (secondary N) is 1. The van der Waals surface area contributed by atoms with Gasteiger partial charge in [-0.3, -0.25) is 4.79 Å². The van der Waals surface area contributed by atoms with E-state index in [9.17, 15) is 4.79 Å². The number of carbonyl (C=O) groups excluding carboxylic acids is 1. The average molecular weight is 378 g/mol. The summed E-state index contributed by atoms with van der Waals surface area (Å²) in [6.45, 7) is 6.48. The fraction of sp³-hybridized carbons (Fsp3) is 0.556. The number of benzene rings is 1. The normalized spacial score (nSPS) is 12.2. The van der Waals surface area contributed by atoms with Crippen molar-refractivity contribution in [2.24, 2.45) is 5.92 Å². The quantitative estimate of drug-likeness (QED) is 0.641. The first kappa shape index (κ1) is 20.2. The molecule has 0 aliphatic rings. The Labute approximate surface area is 158 Å². The Morgan fingerprint density at radius 3 is 2.62 bits per heavy atom. The molecule has 0 unspecified atom stereocenters. The van der Waals surface area contributed by atoms with Crippen molar-refractivity contribution in [3.63, 3.8) is 0 Å². The third-order valence-electron chi connectivity index (χ3n) is 3.92. The van der Waals surface area contributed by atoms with Crippen LogP contribution in [0, 0.1) is 5.92 Å². The molecule has 1 heterocycles. The van der Waals surface area contributed by atoms with Crippen molar-refractivity contribution in [1.82, 2.24) is 25.5 Å². The van der Waals surface area contributed by atoms with Crippen LogP contribution in [0.4, 0.5) is 0 Å². The van der Waals surface area contributed by atoms with Crippen LogP contribution in [-0.2, 0) is 4.79 Å². The van der Waals surface area contributed by atoms with E-state index in [-0.39, 0.29) is 17.7 Å². The summed E-state index contributed by atoms with van der Waals surface area (Å²) < 4.78 is 6.77. The van der Waals surface area contributed by atoms with Crippen molar-refractivity contribution >= 4 is 17.7 Å². The summed E-state index contributed by atoms with van der Waals surface area (Å²) in [6.07, 6.45) is 3.31. The number of nitrogens with zero attached hydrogens (tertiary/aromatic N) is 4.